The van der Waals surface area contributed by atoms with E-state index < -0.39 is 0 Å². The third-order valence-electron chi connectivity index (χ3n) is 4.71. The van der Waals surface area contributed by atoms with Crippen LogP contribution in [0, 0.1) is 0 Å². The second-order valence-corrected chi connectivity index (χ2v) is 7.77. The molecule has 1 unspecified atom stereocenters. The summed E-state index contributed by atoms with van der Waals surface area (Å²) in [6.45, 7) is 3.87. The Morgan fingerprint density at radius 2 is 2.15 bits per heavy atom. The number of benzene rings is 1. The fourth-order valence-corrected chi connectivity index (χ4v) is 4.73. The van der Waals surface area contributed by atoms with E-state index in [1.165, 1.54) is 16.2 Å². The predicted molar refractivity (Wildman–Crippen MR) is 104 cm³/mol. The van der Waals surface area contributed by atoms with E-state index in [4.69, 9.17) is 9.15 Å². The largest absolute Gasteiger partial charge is 0.462 e. The number of amides is 1. The summed E-state index contributed by atoms with van der Waals surface area (Å²) < 4.78 is 10.9. The minimum absolute atomic E-state index is 0.222. The van der Waals surface area contributed by atoms with Crippen molar-refractivity contribution in [3.05, 3.63) is 52.1 Å². The first kappa shape index (κ1) is 17.8. The number of hydrogen-bond donors (Lipinski definition) is 2. The molecule has 6 nitrogen and oxygen atoms in total. The average molecular weight is 385 g/mol. The van der Waals surface area contributed by atoms with E-state index in [0.29, 0.717) is 22.8 Å². The van der Waals surface area contributed by atoms with E-state index in [0.717, 1.165) is 35.3 Å². The van der Waals surface area contributed by atoms with Gasteiger partial charge in [0.05, 0.1) is 30.6 Å². The van der Waals surface area contributed by atoms with Gasteiger partial charge in [-0.1, -0.05) is 18.2 Å². The number of anilines is 1. The van der Waals surface area contributed by atoms with Gasteiger partial charge < -0.3 is 19.4 Å². The van der Waals surface area contributed by atoms with E-state index in [-0.39, 0.29) is 17.6 Å². The molecule has 140 valence electrons. The Kier molecular flexibility index (Phi) is 4.72. The summed E-state index contributed by atoms with van der Waals surface area (Å²) in [7, 11) is 2.12. The number of likely N-dealkylation sites (N-methyl/N-ethyl adjacent to an activating group) is 1. The topological polar surface area (TPSA) is 73.0 Å². The van der Waals surface area contributed by atoms with Crippen molar-refractivity contribution in [1.29, 1.82) is 0 Å². The molecule has 1 aromatic carbocycles. The van der Waals surface area contributed by atoms with Gasteiger partial charge in [-0.2, -0.15) is 0 Å². The lowest BCUT2D eigenvalue weighted by Gasteiger charge is -2.19. The Morgan fingerprint density at radius 3 is 2.93 bits per heavy atom. The fourth-order valence-electron chi connectivity index (χ4n) is 3.39. The van der Waals surface area contributed by atoms with Crippen molar-refractivity contribution < 1.29 is 23.6 Å². The second-order valence-electron chi connectivity index (χ2n) is 6.66. The molecule has 2 aromatic heterocycles. The predicted octanol–water partition coefficient (Wildman–Crippen LogP) is 2.49. The molecule has 4 rings (SSSR count). The van der Waals surface area contributed by atoms with Crippen LogP contribution in [0.5, 0.6) is 0 Å². The Labute approximate surface area is 160 Å². The SMILES string of the molecule is CCOC(=O)c1c(NC(=O)c2cc3ccccc3o2)sc2c1CC[NH+](C)C2. The molecule has 3 heterocycles. The minimum atomic E-state index is -0.380. The summed E-state index contributed by atoms with van der Waals surface area (Å²) in [5.74, 6) is -0.523. The number of rotatable bonds is 4. The summed E-state index contributed by atoms with van der Waals surface area (Å²) in [5.41, 5.74) is 2.15. The van der Waals surface area contributed by atoms with Gasteiger partial charge in [0.2, 0.25) is 0 Å². The molecular weight excluding hydrogens is 364 g/mol. The van der Waals surface area contributed by atoms with Gasteiger partial charge in [-0.05, 0) is 24.6 Å². The minimum Gasteiger partial charge on any atom is -0.462 e. The molecule has 0 aliphatic carbocycles. The van der Waals surface area contributed by atoms with Gasteiger partial charge in [0, 0.05) is 11.8 Å². The first-order valence-corrected chi connectivity index (χ1v) is 9.81. The molecule has 27 heavy (non-hydrogen) atoms. The van der Waals surface area contributed by atoms with Crippen LogP contribution < -0.4 is 10.2 Å². The molecule has 0 spiro atoms. The van der Waals surface area contributed by atoms with Crippen molar-refractivity contribution in [2.24, 2.45) is 0 Å². The van der Waals surface area contributed by atoms with Gasteiger partial charge in [0.15, 0.2) is 5.76 Å². The molecule has 3 aromatic rings. The number of carbonyl (C=O) groups excluding carboxylic acids is 2. The highest BCUT2D eigenvalue weighted by Gasteiger charge is 2.30. The van der Waals surface area contributed by atoms with Crippen LogP contribution in [0.2, 0.25) is 0 Å². The van der Waals surface area contributed by atoms with Crippen molar-refractivity contribution in [1.82, 2.24) is 0 Å². The molecule has 0 radical (unpaired) electrons. The van der Waals surface area contributed by atoms with Crippen molar-refractivity contribution in [3.8, 4) is 0 Å². The van der Waals surface area contributed by atoms with Gasteiger partial charge in [-0.15, -0.1) is 11.3 Å². The molecule has 1 atom stereocenters. The van der Waals surface area contributed by atoms with Crippen LogP contribution in [0.1, 0.15) is 38.3 Å². The number of esters is 1. The number of fused-ring (bicyclic) bond motifs is 2. The third-order valence-corrected chi connectivity index (χ3v) is 5.86. The quantitative estimate of drug-likeness (QED) is 0.677. The van der Waals surface area contributed by atoms with Crippen LogP contribution in [-0.2, 0) is 17.7 Å². The number of para-hydroxylation sites is 1. The normalized spacial score (nSPS) is 16.1. The molecule has 2 N–H and O–H groups in total. The lowest BCUT2D eigenvalue weighted by Crippen LogP contribution is -3.08. The third kappa shape index (κ3) is 3.36. The molecule has 0 bridgehead atoms. The molecular formula is C20H21N2O4S+. The van der Waals surface area contributed by atoms with Crippen molar-refractivity contribution in [3.63, 3.8) is 0 Å². The van der Waals surface area contributed by atoms with Crippen molar-refractivity contribution in [2.45, 2.75) is 19.9 Å². The van der Waals surface area contributed by atoms with E-state index in [2.05, 4.69) is 12.4 Å². The molecule has 0 saturated heterocycles. The molecule has 0 saturated carbocycles. The van der Waals surface area contributed by atoms with Gasteiger partial charge in [-0.25, -0.2) is 4.79 Å². The Bertz CT molecular complexity index is 987. The lowest BCUT2D eigenvalue weighted by molar-refractivity contribution is -0.895. The summed E-state index contributed by atoms with van der Waals surface area (Å²) in [4.78, 5) is 27.8. The molecule has 1 amide bonds. The second kappa shape index (κ2) is 7.17. The standard InChI is InChI=1S/C20H20N2O4S/c1-3-25-20(24)17-13-8-9-22(2)11-16(13)27-19(17)21-18(23)15-10-12-6-4-5-7-14(12)26-15/h4-7,10H,3,8-9,11H2,1-2H3,(H,21,23)/p+1. The zero-order valence-corrected chi connectivity index (χ0v) is 16.1. The maximum absolute atomic E-state index is 12.7. The summed E-state index contributed by atoms with van der Waals surface area (Å²) >= 11 is 1.45. The monoisotopic (exact) mass is 385 g/mol. The van der Waals surface area contributed by atoms with Crippen LogP contribution in [-0.4, -0.2) is 32.1 Å². The van der Waals surface area contributed by atoms with Gasteiger partial charge in [0.25, 0.3) is 5.91 Å². The molecule has 7 heteroatoms. The zero-order chi connectivity index (χ0) is 19.0. The Morgan fingerprint density at radius 1 is 1.33 bits per heavy atom. The van der Waals surface area contributed by atoms with E-state index >= 15 is 0 Å². The van der Waals surface area contributed by atoms with Crippen molar-refractivity contribution in [2.75, 3.05) is 25.5 Å². The summed E-state index contributed by atoms with van der Waals surface area (Å²) in [6.07, 6.45) is 0.798. The highest BCUT2D eigenvalue weighted by atomic mass is 32.1. The van der Waals surface area contributed by atoms with Crippen molar-refractivity contribution >= 4 is 39.2 Å². The summed E-state index contributed by atoms with van der Waals surface area (Å²) in [6, 6.07) is 9.17. The highest BCUT2D eigenvalue weighted by Crippen LogP contribution is 2.35. The first-order chi connectivity index (χ1) is 13.1. The Hall–Kier alpha value is -2.64. The maximum Gasteiger partial charge on any atom is 0.341 e. The number of quaternary nitrogens is 1. The van der Waals surface area contributed by atoms with Gasteiger partial charge in [0.1, 0.15) is 17.1 Å². The average Bonchev–Trinajstić information content (AvgIpc) is 3.22. The zero-order valence-electron chi connectivity index (χ0n) is 15.3. The first-order valence-electron chi connectivity index (χ1n) is 8.99. The van der Waals surface area contributed by atoms with Crippen LogP contribution in [0.15, 0.2) is 34.7 Å². The van der Waals surface area contributed by atoms with Gasteiger partial charge >= 0.3 is 5.97 Å². The smallest absolute Gasteiger partial charge is 0.341 e. The molecule has 1 aliphatic heterocycles. The van der Waals surface area contributed by atoms with E-state index in [1.54, 1.807) is 13.0 Å². The number of thiophene rings is 1. The number of ether oxygens (including phenoxy) is 1. The maximum atomic E-state index is 12.7. The highest BCUT2D eigenvalue weighted by molar-refractivity contribution is 7.17. The van der Waals surface area contributed by atoms with Gasteiger partial charge in [-0.3, -0.25) is 4.79 Å². The fraction of sp³-hybridized carbons (Fsp3) is 0.300. The molecule has 1 aliphatic rings. The van der Waals surface area contributed by atoms with Crippen LogP contribution in [0.4, 0.5) is 5.00 Å². The number of hydrogen-bond acceptors (Lipinski definition) is 5. The summed E-state index contributed by atoms with van der Waals surface area (Å²) in [5, 5.41) is 4.28. The van der Waals surface area contributed by atoms with Crippen LogP contribution in [0.3, 0.4) is 0 Å². The van der Waals surface area contributed by atoms with E-state index in [9.17, 15) is 9.59 Å². The molecule has 0 fully saturated rings. The number of furan rings is 1. The Balaban J connectivity index is 1.68. The number of carbonyl (C=O) groups is 2. The lowest BCUT2D eigenvalue weighted by atomic mass is 10.0. The van der Waals surface area contributed by atoms with Crippen LogP contribution >= 0.6 is 11.3 Å². The number of nitrogens with one attached hydrogen (secondary N) is 2. The van der Waals surface area contributed by atoms with Crippen LogP contribution in [0.25, 0.3) is 11.0 Å². The van der Waals surface area contributed by atoms with E-state index in [1.807, 2.05) is 24.3 Å².